The Morgan fingerprint density at radius 2 is 1.75 bits per heavy atom. The largest absolute Gasteiger partial charge is 0.236 e. The van der Waals surface area contributed by atoms with Crippen molar-refractivity contribution in [3.63, 3.8) is 0 Å². The second-order valence-electron chi connectivity index (χ2n) is 2.45. The molecule has 1 rings (SSSR count). The van der Waals surface area contributed by atoms with Crippen LogP contribution in [0.4, 0.5) is 0 Å². The maximum atomic E-state index is 11.1. The maximum Gasteiger partial charge on any atom is 0.236 e. The Balaban J connectivity index is 3.31. The Morgan fingerprint density at radius 3 is 1.92 bits per heavy atom. The van der Waals surface area contributed by atoms with E-state index in [9.17, 15) is 16.8 Å². The van der Waals surface area contributed by atoms with Crippen molar-refractivity contribution in [3.8, 4) is 0 Å². The number of hydrogen-bond acceptors (Lipinski definition) is 4. The highest BCUT2D eigenvalue weighted by Gasteiger charge is 2.47. The Morgan fingerprint density at radius 1 is 1.25 bits per heavy atom. The highest BCUT2D eigenvalue weighted by Crippen LogP contribution is 2.28. The van der Waals surface area contributed by atoms with E-state index in [1.165, 1.54) is 6.92 Å². The highest BCUT2D eigenvalue weighted by atomic mass is 32.3. The summed E-state index contributed by atoms with van der Waals surface area (Å²) in [6.07, 6.45) is 3.37. The Bertz CT molecular complexity index is 397. The quantitative estimate of drug-likeness (QED) is 0.605. The topological polar surface area (TPSA) is 80.3 Å². The first-order chi connectivity index (χ1) is 5.31. The molecular weight excluding hydrogens is 221 g/mol. The number of sulfonamides is 2. The summed E-state index contributed by atoms with van der Waals surface area (Å²) in [6, 6.07) is 0. The second kappa shape index (κ2) is 2.77. The predicted octanol–water partition coefficient (Wildman–Crippen LogP) is -0.658. The summed E-state index contributed by atoms with van der Waals surface area (Å²) >= 11 is 0. The number of rotatable bonds is 1. The van der Waals surface area contributed by atoms with Crippen LogP contribution in [0.15, 0.2) is 0 Å². The molecule has 12 heavy (non-hydrogen) atoms. The van der Waals surface area contributed by atoms with E-state index in [0.717, 1.165) is 0 Å². The molecule has 0 aromatic rings. The Hall–Kier alpha value is 0.0300. The lowest BCUT2D eigenvalue weighted by atomic mass is 10.5. The Labute approximate surface area is 73.1 Å². The maximum absolute atomic E-state index is 11.1. The molecule has 0 aliphatic carbocycles. The van der Waals surface area contributed by atoms with Crippen LogP contribution in [0.1, 0.15) is 6.92 Å². The average Bonchev–Trinajstić information content (AvgIpc) is 1.98. The first kappa shape index (κ1) is 10.1. The number of nitrogens with one attached hydrogen (secondary N) is 1. The van der Waals surface area contributed by atoms with Crippen molar-refractivity contribution in [1.29, 1.82) is 0 Å². The van der Waals surface area contributed by atoms with Gasteiger partial charge in [-0.2, -0.15) is 0 Å². The fourth-order valence-electron chi connectivity index (χ4n) is 0.939. The molecule has 70 valence electrons. The van der Waals surface area contributed by atoms with Crippen LogP contribution in [0.5, 0.6) is 0 Å². The molecule has 1 N–H and O–H groups in total. The highest BCUT2D eigenvalue weighted by molar-refractivity contribution is 8.11. The van der Waals surface area contributed by atoms with E-state index >= 15 is 0 Å². The van der Waals surface area contributed by atoms with E-state index in [1.807, 2.05) is 0 Å². The summed E-state index contributed by atoms with van der Waals surface area (Å²) in [7, 11) is -7.09. The minimum Gasteiger partial charge on any atom is -0.211 e. The fraction of sp³-hybridized carbons (Fsp3) is 0.750. The Kier molecular flexibility index (Phi) is 2.33. The molecule has 0 aromatic heterocycles. The van der Waals surface area contributed by atoms with Crippen molar-refractivity contribution in [2.75, 3.05) is 0 Å². The predicted molar refractivity (Wildman–Crippen MR) is 48.3 cm³/mol. The molecule has 2 atom stereocenters. The van der Waals surface area contributed by atoms with E-state index < -0.39 is 30.3 Å². The minimum atomic E-state index is -3.71. The molecule has 0 aromatic carbocycles. The van der Waals surface area contributed by atoms with E-state index in [-0.39, 0.29) is 0 Å². The second-order valence-corrected chi connectivity index (χ2v) is 7.82. The summed E-state index contributed by atoms with van der Waals surface area (Å²) in [6.45, 7) is 1.36. The van der Waals surface area contributed by atoms with Crippen LogP contribution in [0.2, 0.25) is 0 Å². The zero-order valence-electron chi connectivity index (χ0n) is 6.26. The van der Waals surface area contributed by atoms with Gasteiger partial charge in [0.15, 0.2) is 0 Å². The van der Waals surface area contributed by atoms with Crippen molar-refractivity contribution in [3.05, 3.63) is 0 Å². The van der Waals surface area contributed by atoms with E-state index in [1.54, 1.807) is 4.13 Å². The molecule has 8 heteroatoms. The van der Waals surface area contributed by atoms with Crippen molar-refractivity contribution in [1.82, 2.24) is 4.13 Å². The SMILES string of the molecule is C=PC1C(C)S(=O)(=O)NS1(=O)=O. The molecule has 0 amide bonds. The summed E-state index contributed by atoms with van der Waals surface area (Å²) in [4.78, 5) is -0.942. The van der Waals surface area contributed by atoms with Crippen LogP contribution in [-0.2, 0) is 20.0 Å². The van der Waals surface area contributed by atoms with E-state index in [4.69, 9.17) is 0 Å². The van der Waals surface area contributed by atoms with Gasteiger partial charge in [-0.15, -0.1) is 4.13 Å². The molecular formula is C4H8NO4PS2. The van der Waals surface area contributed by atoms with Crippen molar-refractivity contribution >= 4 is 34.6 Å². The van der Waals surface area contributed by atoms with Gasteiger partial charge in [0, 0.05) is 0 Å². The molecule has 1 saturated heterocycles. The van der Waals surface area contributed by atoms with Crippen LogP contribution < -0.4 is 4.13 Å². The van der Waals surface area contributed by atoms with Gasteiger partial charge in [0.2, 0.25) is 20.0 Å². The standard InChI is InChI=1S/C4H8NO4PS2/c1-3-4(10-2)12(8,9)5-11(3,6)7/h3-5H,2H2,1H3. The molecule has 1 fully saturated rings. The third-order valence-corrected chi connectivity index (χ3v) is 8.24. The van der Waals surface area contributed by atoms with Crippen molar-refractivity contribution in [2.24, 2.45) is 0 Å². The van der Waals surface area contributed by atoms with E-state index in [2.05, 4.69) is 6.30 Å². The monoisotopic (exact) mass is 229 g/mol. The molecule has 1 aliphatic rings. The summed E-state index contributed by atoms with van der Waals surface area (Å²) < 4.78 is 45.8. The molecule has 0 spiro atoms. The zero-order chi connectivity index (χ0) is 9.57. The van der Waals surface area contributed by atoms with Crippen LogP contribution >= 0.6 is 8.20 Å². The van der Waals surface area contributed by atoms with Crippen molar-refractivity contribution < 1.29 is 16.8 Å². The van der Waals surface area contributed by atoms with Crippen LogP contribution in [-0.4, -0.2) is 33.4 Å². The first-order valence-electron chi connectivity index (χ1n) is 3.03. The molecule has 0 radical (unpaired) electrons. The third kappa shape index (κ3) is 1.42. The normalized spacial score (nSPS) is 38.4. The lowest BCUT2D eigenvalue weighted by molar-refractivity contribution is 0.586. The van der Waals surface area contributed by atoms with Gasteiger partial charge >= 0.3 is 0 Å². The lowest BCUT2D eigenvalue weighted by Crippen LogP contribution is -2.23. The van der Waals surface area contributed by atoms with Gasteiger partial charge in [-0.05, 0) is 6.92 Å². The minimum absolute atomic E-state index is 0.300. The zero-order valence-corrected chi connectivity index (χ0v) is 8.79. The molecule has 1 heterocycles. The van der Waals surface area contributed by atoms with E-state index in [0.29, 0.717) is 8.20 Å². The molecule has 2 unspecified atom stereocenters. The van der Waals surface area contributed by atoms with Gasteiger partial charge in [-0.3, -0.25) is 0 Å². The van der Waals surface area contributed by atoms with Gasteiger partial charge in [0.1, 0.15) is 4.99 Å². The van der Waals surface area contributed by atoms with Crippen LogP contribution in [0.3, 0.4) is 0 Å². The summed E-state index contributed by atoms with van der Waals surface area (Å²) in [5, 5.41) is -0.915. The van der Waals surface area contributed by atoms with Gasteiger partial charge < -0.3 is 0 Å². The van der Waals surface area contributed by atoms with Gasteiger partial charge in [-0.1, -0.05) is 14.5 Å². The fourth-order valence-corrected chi connectivity index (χ4v) is 7.13. The van der Waals surface area contributed by atoms with Crippen LogP contribution in [0.25, 0.3) is 0 Å². The van der Waals surface area contributed by atoms with Crippen molar-refractivity contribution in [2.45, 2.75) is 17.2 Å². The molecule has 1 aliphatic heterocycles. The number of hydrogen-bond donors (Lipinski definition) is 1. The van der Waals surface area contributed by atoms with Gasteiger partial charge in [0.05, 0.1) is 5.25 Å². The average molecular weight is 229 g/mol. The first-order valence-corrected chi connectivity index (χ1v) is 7.27. The van der Waals surface area contributed by atoms with Gasteiger partial charge in [-0.25, -0.2) is 16.8 Å². The van der Waals surface area contributed by atoms with Crippen LogP contribution in [0, 0.1) is 0 Å². The molecule has 0 saturated carbocycles. The summed E-state index contributed by atoms with van der Waals surface area (Å²) in [5.41, 5.74) is 0. The smallest absolute Gasteiger partial charge is 0.211 e. The molecule has 0 bridgehead atoms. The lowest BCUT2D eigenvalue weighted by Gasteiger charge is -2.02. The third-order valence-electron chi connectivity index (χ3n) is 1.62. The molecule has 5 nitrogen and oxygen atoms in total. The summed E-state index contributed by atoms with van der Waals surface area (Å²) in [5.74, 6) is 0. The van der Waals surface area contributed by atoms with Gasteiger partial charge in [0.25, 0.3) is 0 Å².